The van der Waals surface area contributed by atoms with Crippen LogP contribution in [0.4, 0.5) is 0 Å². The Hall–Kier alpha value is -7.36. The topological polar surface area (TPSA) is 35.0 Å². The van der Waals surface area contributed by atoms with Crippen molar-refractivity contribution in [3.05, 3.63) is 228 Å². The lowest BCUT2D eigenvalue weighted by Gasteiger charge is -2.39. The summed E-state index contributed by atoms with van der Waals surface area (Å²) in [5, 5.41) is 0. The normalized spacial score (nSPS) is 14.3. The maximum absolute atomic E-state index is 6.77. The van der Waals surface area contributed by atoms with Crippen molar-refractivity contribution in [2.24, 2.45) is 0 Å². The molecule has 0 atom stereocenters. The van der Waals surface area contributed by atoms with Gasteiger partial charge in [0.1, 0.15) is 11.5 Å². The van der Waals surface area contributed by atoms with Gasteiger partial charge in [-0.1, -0.05) is 178 Å². The molecule has 1 aromatic heterocycles. The van der Waals surface area contributed by atoms with Crippen molar-refractivity contribution in [2.75, 3.05) is 0 Å². The van der Waals surface area contributed by atoms with Crippen molar-refractivity contribution < 1.29 is 4.74 Å². The smallest absolute Gasteiger partial charge is 0.161 e. The Morgan fingerprint density at radius 3 is 1.54 bits per heavy atom. The Bertz CT molecular complexity index is 3130. The van der Waals surface area contributed by atoms with Crippen molar-refractivity contribution in [1.29, 1.82) is 0 Å². The Balaban J connectivity index is 1.06. The number of hydrogen-bond acceptors (Lipinski definition) is 3. The molecule has 8 aromatic carbocycles. The summed E-state index contributed by atoms with van der Waals surface area (Å²) in [6, 6.07) is 69.8. The number of nitrogens with zero attached hydrogens (tertiary/aromatic N) is 2. The molecule has 0 saturated carbocycles. The van der Waals surface area contributed by atoms with Crippen LogP contribution in [-0.2, 0) is 10.8 Å². The van der Waals surface area contributed by atoms with Crippen LogP contribution in [0, 0.1) is 0 Å². The van der Waals surface area contributed by atoms with Crippen LogP contribution in [0.5, 0.6) is 11.5 Å². The Morgan fingerprint density at radius 2 is 0.831 bits per heavy atom. The minimum atomic E-state index is -0.555. The van der Waals surface area contributed by atoms with Gasteiger partial charge < -0.3 is 4.74 Å². The first-order valence-corrected chi connectivity index (χ1v) is 20.4. The van der Waals surface area contributed by atoms with Gasteiger partial charge >= 0.3 is 0 Å². The number of aromatic nitrogens is 2. The third-order valence-corrected chi connectivity index (χ3v) is 13.0. The van der Waals surface area contributed by atoms with Gasteiger partial charge in [0.25, 0.3) is 0 Å². The first-order chi connectivity index (χ1) is 29.0. The van der Waals surface area contributed by atoms with E-state index < -0.39 is 5.41 Å². The van der Waals surface area contributed by atoms with Crippen LogP contribution in [0.1, 0.15) is 47.2 Å². The fourth-order valence-electron chi connectivity index (χ4n) is 10.3. The van der Waals surface area contributed by atoms with E-state index in [0.717, 1.165) is 61.8 Å². The van der Waals surface area contributed by atoms with Crippen LogP contribution >= 0.6 is 0 Å². The lowest BCUT2D eigenvalue weighted by molar-refractivity contribution is 0.436. The minimum Gasteiger partial charge on any atom is -0.457 e. The Kier molecular flexibility index (Phi) is 7.19. The Labute approximate surface area is 344 Å². The van der Waals surface area contributed by atoms with E-state index in [1.165, 1.54) is 44.5 Å². The largest absolute Gasteiger partial charge is 0.457 e. The molecule has 3 heteroatoms. The van der Waals surface area contributed by atoms with Crippen molar-refractivity contribution in [3.63, 3.8) is 0 Å². The van der Waals surface area contributed by atoms with Crippen molar-refractivity contribution in [1.82, 2.24) is 9.97 Å². The van der Waals surface area contributed by atoms with Gasteiger partial charge in [-0.2, -0.15) is 0 Å². The first-order valence-electron chi connectivity index (χ1n) is 20.4. The maximum atomic E-state index is 6.77. The van der Waals surface area contributed by atoms with E-state index in [1.807, 2.05) is 6.07 Å². The van der Waals surface area contributed by atoms with Gasteiger partial charge in [0.05, 0.1) is 16.8 Å². The van der Waals surface area contributed by atoms with Gasteiger partial charge in [-0.25, -0.2) is 9.97 Å². The van der Waals surface area contributed by atoms with E-state index in [9.17, 15) is 0 Å². The number of hydrogen-bond donors (Lipinski definition) is 0. The highest BCUT2D eigenvalue weighted by molar-refractivity contribution is 5.91. The van der Waals surface area contributed by atoms with E-state index in [1.54, 1.807) is 0 Å². The molecule has 0 fully saturated rings. The van der Waals surface area contributed by atoms with E-state index in [-0.39, 0.29) is 5.41 Å². The summed E-state index contributed by atoms with van der Waals surface area (Å²) in [6.07, 6.45) is 0. The molecule has 0 amide bonds. The second kappa shape index (κ2) is 12.6. The SMILES string of the molecule is CC1(C)c2ccccc2-c2ccc(-c3cc(-c4ccccc4)nc(-c4ccccc4-c4ccc5c(c4)C4(c6ccccc6O5)c5ccccc5-c5ccccc54)n3)cc21. The van der Waals surface area contributed by atoms with E-state index in [4.69, 9.17) is 14.7 Å². The molecular weight excluding hydrogens is 717 g/mol. The lowest BCUT2D eigenvalue weighted by Crippen LogP contribution is -2.32. The summed E-state index contributed by atoms with van der Waals surface area (Å²) >= 11 is 0. The fraction of sp³-hybridized carbons (Fsp3) is 0.0714. The average molecular weight is 755 g/mol. The summed E-state index contributed by atoms with van der Waals surface area (Å²) < 4.78 is 6.77. The van der Waals surface area contributed by atoms with Crippen molar-refractivity contribution in [2.45, 2.75) is 24.7 Å². The highest BCUT2D eigenvalue weighted by Crippen LogP contribution is 2.62. The molecule has 0 radical (unpaired) electrons. The Morgan fingerprint density at radius 1 is 0.339 bits per heavy atom. The van der Waals surface area contributed by atoms with Crippen LogP contribution < -0.4 is 4.74 Å². The summed E-state index contributed by atoms with van der Waals surface area (Å²) in [4.78, 5) is 10.8. The molecule has 9 aromatic rings. The lowest BCUT2D eigenvalue weighted by atomic mass is 9.65. The summed E-state index contributed by atoms with van der Waals surface area (Å²) in [7, 11) is 0. The summed E-state index contributed by atoms with van der Waals surface area (Å²) in [5.41, 5.74) is 19.0. The molecule has 0 bridgehead atoms. The zero-order valence-electron chi connectivity index (χ0n) is 32.8. The first kappa shape index (κ1) is 33.7. The van der Waals surface area contributed by atoms with Crippen LogP contribution in [-0.4, -0.2) is 9.97 Å². The zero-order valence-corrected chi connectivity index (χ0v) is 32.8. The van der Waals surface area contributed by atoms with E-state index in [2.05, 4.69) is 202 Å². The molecule has 1 spiro atoms. The van der Waals surface area contributed by atoms with Gasteiger partial charge in [-0.15, -0.1) is 0 Å². The summed E-state index contributed by atoms with van der Waals surface area (Å²) in [5.74, 6) is 2.44. The molecule has 3 nitrogen and oxygen atoms in total. The minimum absolute atomic E-state index is 0.124. The molecule has 0 unspecified atom stereocenters. The zero-order chi connectivity index (χ0) is 39.3. The molecule has 2 heterocycles. The maximum Gasteiger partial charge on any atom is 0.161 e. The van der Waals surface area contributed by atoms with Gasteiger partial charge in [-0.3, -0.25) is 0 Å². The van der Waals surface area contributed by atoms with Gasteiger partial charge in [-0.05, 0) is 86.0 Å². The van der Waals surface area contributed by atoms with E-state index >= 15 is 0 Å². The summed E-state index contributed by atoms with van der Waals surface area (Å²) in [6.45, 7) is 4.65. The quantitative estimate of drug-likeness (QED) is 0.179. The molecule has 0 saturated heterocycles. The van der Waals surface area contributed by atoms with Gasteiger partial charge in [0.15, 0.2) is 5.82 Å². The second-order valence-electron chi connectivity index (χ2n) is 16.5. The van der Waals surface area contributed by atoms with Crippen molar-refractivity contribution in [3.8, 4) is 78.8 Å². The molecular formula is C56H38N2O. The predicted octanol–water partition coefficient (Wildman–Crippen LogP) is 13.9. The average Bonchev–Trinajstić information content (AvgIpc) is 3.72. The fourth-order valence-corrected chi connectivity index (χ4v) is 10.3. The monoisotopic (exact) mass is 754 g/mol. The molecule has 12 rings (SSSR count). The predicted molar refractivity (Wildman–Crippen MR) is 239 cm³/mol. The number of ether oxygens (including phenoxy) is 1. The third-order valence-electron chi connectivity index (χ3n) is 13.0. The van der Waals surface area contributed by atoms with Gasteiger partial charge in [0, 0.05) is 33.2 Å². The highest BCUT2D eigenvalue weighted by Gasteiger charge is 2.51. The second-order valence-corrected chi connectivity index (χ2v) is 16.5. The molecule has 1 aliphatic heterocycles. The number of benzene rings is 8. The van der Waals surface area contributed by atoms with Crippen LogP contribution in [0.25, 0.3) is 67.3 Å². The number of fused-ring (bicyclic) bond motifs is 12. The molecule has 0 N–H and O–H groups in total. The molecule has 3 aliphatic rings. The van der Waals surface area contributed by atoms with Crippen molar-refractivity contribution >= 4 is 0 Å². The molecule has 278 valence electrons. The number of para-hydroxylation sites is 1. The third kappa shape index (κ3) is 4.82. The van der Waals surface area contributed by atoms with E-state index in [0.29, 0.717) is 5.82 Å². The van der Waals surface area contributed by atoms with Crippen LogP contribution in [0.3, 0.4) is 0 Å². The van der Waals surface area contributed by atoms with Crippen LogP contribution in [0.15, 0.2) is 194 Å². The highest BCUT2D eigenvalue weighted by atomic mass is 16.5. The van der Waals surface area contributed by atoms with Gasteiger partial charge in [0.2, 0.25) is 0 Å². The molecule has 2 aliphatic carbocycles. The number of rotatable bonds is 4. The standard InChI is InChI=1S/C56H38N2O/c1-55(2)44-23-11-8-19-39(44)42-30-28-37(33-48(42)55)51-34-50(35-16-4-3-5-17-35)57-54(58-51)43-22-7-6-18-38(43)36-29-31-53-49(32-36)56(47-26-14-15-27-52(47)59-53)45-24-12-9-20-40(45)41-21-10-13-25-46(41)56/h3-34H,1-2H3. The molecule has 59 heavy (non-hydrogen) atoms. The van der Waals surface area contributed by atoms with Crippen LogP contribution in [0.2, 0.25) is 0 Å².